The normalized spacial score (nSPS) is 13.1. The maximum absolute atomic E-state index is 9.95. The Balaban J connectivity index is 3.27. The summed E-state index contributed by atoms with van der Waals surface area (Å²) >= 11 is 6.56. The summed E-state index contributed by atoms with van der Waals surface area (Å²) in [6.45, 7) is 1.55. The Morgan fingerprint density at radius 3 is 2.78 bits per heavy atom. The van der Waals surface area contributed by atoms with Crippen molar-refractivity contribution in [2.75, 3.05) is 11.6 Å². The summed E-state index contributed by atoms with van der Waals surface area (Å²) in [5.74, 6) is 1.12. The van der Waals surface area contributed by atoms with E-state index in [4.69, 9.17) is 11.6 Å². The Bertz CT molecular complexity index is 101. The van der Waals surface area contributed by atoms with Crippen molar-refractivity contribution in [1.29, 1.82) is 0 Å². The number of halogens is 1. The molecule has 0 spiro atoms. The first kappa shape index (κ1) is 9.04. The lowest BCUT2D eigenvalue weighted by atomic mass is 10.8. The molecule has 0 radical (unpaired) electrons. The van der Waals surface area contributed by atoms with Crippen LogP contribution in [0.25, 0.3) is 0 Å². The molecule has 5 heteroatoms. The summed E-state index contributed by atoms with van der Waals surface area (Å²) in [5.41, 5.74) is 0. The standard InChI is InChI=1S/C4H8ClNO2S/c1-4(6(7)8)9-3-2-5/h4H,2-3H2,1H3. The molecule has 0 aromatic carbocycles. The third kappa shape index (κ3) is 4.54. The van der Waals surface area contributed by atoms with Crippen molar-refractivity contribution >= 4 is 23.4 Å². The number of hydrogen-bond acceptors (Lipinski definition) is 3. The molecule has 0 aliphatic heterocycles. The number of nitro groups is 1. The third-order valence-corrected chi connectivity index (χ3v) is 2.24. The second kappa shape index (κ2) is 4.88. The zero-order chi connectivity index (χ0) is 7.28. The maximum Gasteiger partial charge on any atom is 0.255 e. The highest BCUT2D eigenvalue weighted by molar-refractivity contribution is 7.99. The van der Waals surface area contributed by atoms with Gasteiger partial charge >= 0.3 is 0 Å². The Labute approximate surface area is 62.9 Å². The average Bonchev–Trinajstić information content (AvgIpc) is 1.82. The van der Waals surface area contributed by atoms with E-state index < -0.39 is 5.37 Å². The molecule has 0 aliphatic carbocycles. The van der Waals surface area contributed by atoms with Gasteiger partial charge in [0.25, 0.3) is 5.37 Å². The van der Waals surface area contributed by atoms with Crippen LogP contribution in [-0.4, -0.2) is 21.9 Å². The highest BCUT2D eigenvalue weighted by atomic mass is 35.5. The number of thioether (sulfide) groups is 1. The van der Waals surface area contributed by atoms with Crippen molar-refractivity contribution in [2.24, 2.45) is 0 Å². The van der Waals surface area contributed by atoms with Crippen LogP contribution in [0.5, 0.6) is 0 Å². The lowest BCUT2D eigenvalue weighted by molar-refractivity contribution is -0.490. The predicted octanol–water partition coefficient (Wildman–Crippen LogP) is 1.58. The quantitative estimate of drug-likeness (QED) is 0.278. The van der Waals surface area contributed by atoms with Crippen LogP contribution in [0.4, 0.5) is 0 Å². The molecular weight excluding hydrogens is 162 g/mol. The Morgan fingerprint density at radius 1 is 1.89 bits per heavy atom. The van der Waals surface area contributed by atoms with Crippen molar-refractivity contribution in [3.63, 3.8) is 0 Å². The fourth-order valence-electron chi connectivity index (χ4n) is 0.276. The summed E-state index contributed by atoms with van der Waals surface area (Å²) in [4.78, 5) is 9.62. The molecule has 0 aromatic heterocycles. The van der Waals surface area contributed by atoms with Crippen LogP contribution in [-0.2, 0) is 0 Å². The smallest absolute Gasteiger partial charge is 0.255 e. The topological polar surface area (TPSA) is 43.1 Å². The van der Waals surface area contributed by atoms with Gasteiger partial charge in [0.05, 0.1) is 0 Å². The number of rotatable bonds is 4. The average molecular weight is 170 g/mol. The molecule has 0 rings (SSSR count). The van der Waals surface area contributed by atoms with Gasteiger partial charge in [-0.05, 0) is 0 Å². The summed E-state index contributed by atoms with van der Waals surface area (Å²) in [6, 6.07) is 0. The van der Waals surface area contributed by atoms with Crippen molar-refractivity contribution in [2.45, 2.75) is 12.3 Å². The van der Waals surface area contributed by atoms with E-state index in [0.29, 0.717) is 11.6 Å². The van der Waals surface area contributed by atoms with E-state index in [1.54, 1.807) is 6.92 Å². The molecule has 54 valence electrons. The monoisotopic (exact) mass is 169 g/mol. The van der Waals surface area contributed by atoms with Gasteiger partial charge < -0.3 is 0 Å². The largest absolute Gasteiger partial charge is 0.263 e. The van der Waals surface area contributed by atoms with Crippen LogP contribution in [0.15, 0.2) is 0 Å². The fraction of sp³-hybridized carbons (Fsp3) is 1.00. The molecule has 0 aromatic rings. The van der Waals surface area contributed by atoms with Gasteiger partial charge in [0.15, 0.2) is 0 Å². The van der Waals surface area contributed by atoms with Crippen molar-refractivity contribution < 1.29 is 4.92 Å². The SMILES string of the molecule is CC(SCCCl)[N+](=O)[O-]. The third-order valence-electron chi connectivity index (χ3n) is 0.733. The molecule has 1 atom stereocenters. The van der Waals surface area contributed by atoms with Crippen molar-refractivity contribution in [3.8, 4) is 0 Å². The first-order valence-corrected chi connectivity index (χ1v) is 4.08. The Morgan fingerprint density at radius 2 is 2.44 bits per heavy atom. The highest BCUT2D eigenvalue weighted by Gasteiger charge is 2.10. The van der Waals surface area contributed by atoms with E-state index in [1.807, 2.05) is 0 Å². The first-order valence-electron chi connectivity index (χ1n) is 2.49. The molecule has 0 aliphatic rings. The molecule has 0 heterocycles. The second-order valence-corrected chi connectivity index (χ2v) is 3.25. The molecule has 3 nitrogen and oxygen atoms in total. The molecule has 0 saturated carbocycles. The zero-order valence-electron chi connectivity index (χ0n) is 5.04. The van der Waals surface area contributed by atoms with E-state index in [9.17, 15) is 10.1 Å². The van der Waals surface area contributed by atoms with Gasteiger partial charge in [-0.25, -0.2) is 0 Å². The van der Waals surface area contributed by atoms with Gasteiger partial charge in [0, 0.05) is 23.5 Å². The van der Waals surface area contributed by atoms with Gasteiger partial charge in [-0.15, -0.1) is 11.6 Å². The summed E-state index contributed by atoms with van der Waals surface area (Å²) < 4.78 is 0. The second-order valence-electron chi connectivity index (χ2n) is 1.44. The molecule has 9 heavy (non-hydrogen) atoms. The van der Waals surface area contributed by atoms with E-state index >= 15 is 0 Å². The summed E-state index contributed by atoms with van der Waals surface area (Å²) in [7, 11) is 0. The van der Waals surface area contributed by atoms with Crippen LogP contribution in [0.1, 0.15) is 6.92 Å². The minimum absolute atomic E-state index is 0.322. The maximum atomic E-state index is 9.95. The van der Waals surface area contributed by atoms with Crippen molar-refractivity contribution in [1.82, 2.24) is 0 Å². The first-order chi connectivity index (χ1) is 4.18. The zero-order valence-corrected chi connectivity index (χ0v) is 6.61. The molecular formula is C4H8ClNO2S. The summed E-state index contributed by atoms with van der Waals surface area (Å²) in [6.07, 6.45) is 0. The molecule has 1 unspecified atom stereocenters. The van der Waals surface area contributed by atoms with Gasteiger partial charge in [0.2, 0.25) is 0 Å². The van der Waals surface area contributed by atoms with Gasteiger partial charge in [-0.2, -0.15) is 0 Å². The van der Waals surface area contributed by atoms with Crippen LogP contribution >= 0.6 is 23.4 Å². The van der Waals surface area contributed by atoms with Gasteiger partial charge in [-0.3, -0.25) is 10.1 Å². The van der Waals surface area contributed by atoms with E-state index in [1.165, 1.54) is 11.8 Å². The number of nitrogens with zero attached hydrogens (tertiary/aromatic N) is 1. The number of alkyl halides is 1. The number of hydrogen-bond donors (Lipinski definition) is 0. The lowest BCUT2D eigenvalue weighted by Gasteiger charge is -1.99. The fourth-order valence-corrected chi connectivity index (χ4v) is 1.10. The molecule has 0 amide bonds. The van der Waals surface area contributed by atoms with Crippen LogP contribution < -0.4 is 0 Å². The van der Waals surface area contributed by atoms with Crippen LogP contribution in [0.3, 0.4) is 0 Å². The summed E-state index contributed by atoms with van der Waals surface area (Å²) in [5, 5.41) is 9.42. The molecule has 0 fully saturated rings. The molecule has 0 saturated heterocycles. The lowest BCUT2D eigenvalue weighted by Crippen LogP contribution is -2.10. The predicted molar refractivity (Wildman–Crippen MR) is 39.6 cm³/mol. The van der Waals surface area contributed by atoms with Gasteiger partial charge in [0.1, 0.15) is 0 Å². The Hall–Kier alpha value is 0.0400. The van der Waals surface area contributed by atoms with Crippen LogP contribution in [0.2, 0.25) is 0 Å². The Kier molecular flexibility index (Phi) is 4.90. The van der Waals surface area contributed by atoms with Gasteiger partial charge in [-0.1, -0.05) is 11.8 Å². The highest BCUT2D eigenvalue weighted by Crippen LogP contribution is 2.09. The van der Waals surface area contributed by atoms with E-state index in [-0.39, 0.29) is 4.92 Å². The van der Waals surface area contributed by atoms with E-state index in [0.717, 1.165) is 0 Å². The van der Waals surface area contributed by atoms with Crippen molar-refractivity contribution in [3.05, 3.63) is 10.1 Å². The van der Waals surface area contributed by atoms with E-state index in [2.05, 4.69) is 0 Å². The molecule has 0 bridgehead atoms. The molecule has 0 N–H and O–H groups in total. The minimum atomic E-state index is -0.524. The van der Waals surface area contributed by atoms with Crippen LogP contribution in [0, 0.1) is 10.1 Å². The minimum Gasteiger partial charge on any atom is -0.263 e.